The van der Waals surface area contributed by atoms with Crippen LogP contribution in [0.15, 0.2) is 23.1 Å². The van der Waals surface area contributed by atoms with E-state index in [1.54, 1.807) is 0 Å². The molecule has 0 aliphatic heterocycles. The minimum Gasteiger partial charge on any atom is -0.396 e. The molecule has 0 bridgehead atoms. The highest BCUT2D eigenvalue weighted by Gasteiger charge is 2.36. The zero-order valence-corrected chi connectivity index (χ0v) is 10.9. The van der Waals surface area contributed by atoms with Crippen molar-refractivity contribution < 1.29 is 31.1 Å². The van der Waals surface area contributed by atoms with E-state index in [-0.39, 0.29) is 9.99 Å². The van der Waals surface area contributed by atoms with Gasteiger partial charge in [-0.2, -0.15) is 17.5 Å². The Morgan fingerprint density at radius 2 is 1.90 bits per heavy atom. The molecule has 0 radical (unpaired) electrons. The molecule has 0 atom stereocenters. The van der Waals surface area contributed by atoms with Gasteiger partial charge < -0.3 is 10.8 Å². The average Bonchev–Trinajstić information content (AvgIpc) is 2.30. The Bertz CT molecular complexity index is 574. The molecule has 1 rings (SSSR count). The molecule has 3 N–H and O–H groups in total. The molecule has 0 fully saturated rings. The van der Waals surface area contributed by atoms with Crippen molar-refractivity contribution in [1.82, 2.24) is 4.31 Å². The quantitative estimate of drug-likeness (QED) is 0.626. The summed E-state index contributed by atoms with van der Waals surface area (Å²) in [6.07, 6.45) is -4.78. The molecule has 0 aliphatic rings. The highest BCUT2D eigenvalue weighted by molar-refractivity contribution is 7.89. The number of nitrogen functional groups attached to an aromatic ring is 1. The first-order chi connectivity index (χ1) is 9.08. The monoisotopic (exact) mass is 316 g/mol. The lowest BCUT2D eigenvalue weighted by Gasteiger charge is -2.22. The summed E-state index contributed by atoms with van der Waals surface area (Å²) in [6.45, 7) is -3.33. The summed E-state index contributed by atoms with van der Waals surface area (Å²) in [5.74, 6) is -1.05. The first kappa shape index (κ1) is 16.7. The zero-order chi connectivity index (χ0) is 15.6. The van der Waals surface area contributed by atoms with Gasteiger partial charge in [0.15, 0.2) is 0 Å². The number of benzene rings is 1. The standard InChI is InChI=1S/C10H12F4N2O3S/c11-8-5-7(1-2-9(8)15)20(18,19)16(3-4-17)6-10(12,13)14/h1-2,5,17H,3-4,6,15H2. The maximum atomic E-state index is 13.2. The normalized spacial score (nSPS) is 12.9. The van der Waals surface area contributed by atoms with Crippen molar-refractivity contribution >= 4 is 15.7 Å². The molecule has 0 heterocycles. The number of rotatable bonds is 5. The van der Waals surface area contributed by atoms with E-state index in [1.807, 2.05) is 0 Å². The molecule has 20 heavy (non-hydrogen) atoms. The fraction of sp³-hybridized carbons (Fsp3) is 0.400. The summed E-state index contributed by atoms with van der Waals surface area (Å²) in [5, 5.41) is 8.67. The average molecular weight is 316 g/mol. The second-order valence-corrected chi connectivity index (χ2v) is 5.80. The Labute approximate surface area is 112 Å². The number of halogens is 4. The third-order valence-electron chi connectivity index (χ3n) is 2.31. The van der Waals surface area contributed by atoms with Gasteiger partial charge in [0.05, 0.1) is 17.2 Å². The Morgan fingerprint density at radius 3 is 2.35 bits per heavy atom. The minimum atomic E-state index is -4.78. The highest BCUT2D eigenvalue weighted by Crippen LogP contribution is 2.24. The lowest BCUT2D eigenvalue weighted by atomic mass is 10.3. The molecule has 5 nitrogen and oxygen atoms in total. The molecule has 114 valence electrons. The van der Waals surface area contributed by atoms with Crippen LogP contribution >= 0.6 is 0 Å². The van der Waals surface area contributed by atoms with Gasteiger partial charge in [0, 0.05) is 6.54 Å². The Hall–Kier alpha value is -1.39. The number of nitrogens with zero attached hydrogens (tertiary/aromatic N) is 1. The van der Waals surface area contributed by atoms with Crippen molar-refractivity contribution in [2.75, 3.05) is 25.4 Å². The largest absolute Gasteiger partial charge is 0.402 e. The molecule has 0 spiro atoms. The van der Waals surface area contributed by atoms with E-state index >= 15 is 0 Å². The van der Waals surface area contributed by atoms with Gasteiger partial charge in [-0.15, -0.1) is 0 Å². The van der Waals surface area contributed by atoms with Crippen LogP contribution in [0.2, 0.25) is 0 Å². The van der Waals surface area contributed by atoms with Crippen LogP contribution < -0.4 is 5.73 Å². The van der Waals surface area contributed by atoms with Crippen molar-refractivity contribution in [1.29, 1.82) is 0 Å². The number of hydrogen-bond acceptors (Lipinski definition) is 4. The van der Waals surface area contributed by atoms with Crippen LogP contribution in [0, 0.1) is 5.82 Å². The molecule has 0 amide bonds. The van der Waals surface area contributed by atoms with Crippen molar-refractivity contribution in [2.45, 2.75) is 11.1 Å². The van der Waals surface area contributed by atoms with Crippen LogP contribution in [-0.4, -0.2) is 43.7 Å². The lowest BCUT2D eigenvalue weighted by Crippen LogP contribution is -2.40. The topological polar surface area (TPSA) is 83.6 Å². The Morgan fingerprint density at radius 1 is 1.30 bits per heavy atom. The number of alkyl halides is 3. The number of anilines is 1. The summed E-state index contributed by atoms with van der Waals surface area (Å²) in [4.78, 5) is -0.665. The summed E-state index contributed by atoms with van der Waals surface area (Å²) >= 11 is 0. The predicted octanol–water partition coefficient (Wildman–Crippen LogP) is 0.953. The van der Waals surface area contributed by atoms with E-state index in [0.29, 0.717) is 6.07 Å². The molecular formula is C10H12F4N2O3S. The SMILES string of the molecule is Nc1ccc(S(=O)(=O)N(CCO)CC(F)(F)F)cc1F. The number of hydrogen-bond donors (Lipinski definition) is 2. The number of sulfonamides is 1. The van der Waals surface area contributed by atoms with E-state index in [1.165, 1.54) is 0 Å². The number of aliphatic hydroxyl groups is 1. The summed E-state index contributed by atoms with van der Waals surface area (Å²) < 4.78 is 74.2. The maximum absolute atomic E-state index is 13.2. The van der Waals surface area contributed by atoms with Gasteiger partial charge in [0.25, 0.3) is 0 Å². The van der Waals surface area contributed by atoms with E-state index in [2.05, 4.69) is 0 Å². The molecule has 1 aromatic rings. The summed E-state index contributed by atoms with van der Waals surface area (Å²) in [5.41, 5.74) is 4.84. The van der Waals surface area contributed by atoms with Crippen molar-refractivity contribution in [3.8, 4) is 0 Å². The number of nitrogens with two attached hydrogens (primary N) is 1. The van der Waals surface area contributed by atoms with Crippen LogP contribution in [0.4, 0.5) is 23.2 Å². The van der Waals surface area contributed by atoms with E-state index in [0.717, 1.165) is 12.1 Å². The zero-order valence-electron chi connectivity index (χ0n) is 10.1. The van der Waals surface area contributed by atoms with Crippen molar-refractivity contribution in [2.24, 2.45) is 0 Å². The van der Waals surface area contributed by atoms with Gasteiger partial charge >= 0.3 is 6.18 Å². The summed E-state index contributed by atoms with van der Waals surface area (Å²) in [7, 11) is -4.58. The van der Waals surface area contributed by atoms with Gasteiger partial charge in [0.2, 0.25) is 10.0 Å². The van der Waals surface area contributed by atoms with E-state index in [9.17, 15) is 26.0 Å². The molecule has 0 saturated carbocycles. The number of aliphatic hydroxyl groups excluding tert-OH is 1. The molecule has 0 aromatic heterocycles. The first-order valence-electron chi connectivity index (χ1n) is 5.30. The summed E-state index contributed by atoms with van der Waals surface area (Å²) in [6, 6.07) is 2.37. The fourth-order valence-electron chi connectivity index (χ4n) is 1.41. The van der Waals surface area contributed by atoms with E-state index < -0.39 is 46.6 Å². The second-order valence-electron chi connectivity index (χ2n) is 3.86. The third kappa shape index (κ3) is 4.05. The Balaban J connectivity index is 3.18. The van der Waals surface area contributed by atoms with Crippen LogP contribution in [0.3, 0.4) is 0 Å². The molecule has 0 aliphatic carbocycles. The van der Waals surface area contributed by atoms with Gasteiger partial charge in [-0.25, -0.2) is 12.8 Å². The highest BCUT2D eigenvalue weighted by atomic mass is 32.2. The maximum Gasteiger partial charge on any atom is 0.402 e. The lowest BCUT2D eigenvalue weighted by molar-refractivity contribution is -0.136. The molecule has 1 aromatic carbocycles. The van der Waals surface area contributed by atoms with Crippen LogP contribution in [0.25, 0.3) is 0 Å². The van der Waals surface area contributed by atoms with Gasteiger partial charge in [-0.1, -0.05) is 0 Å². The van der Waals surface area contributed by atoms with E-state index in [4.69, 9.17) is 10.8 Å². The molecule has 0 unspecified atom stereocenters. The van der Waals surface area contributed by atoms with Crippen LogP contribution in [0.1, 0.15) is 0 Å². The van der Waals surface area contributed by atoms with Crippen molar-refractivity contribution in [3.05, 3.63) is 24.0 Å². The molecular weight excluding hydrogens is 304 g/mol. The molecule has 10 heteroatoms. The minimum absolute atomic E-state index is 0.0258. The van der Waals surface area contributed by atoms with Gasteiger partial charge in [0.1, 0.15) is 12.4 Å². The smallest absolute Gasteiger partial charge is 0.396 e. The first-order valence-corrected chi connectivity index (χ1v) is 6.74. The Kier molecular flexibility index (Phi) is 4.95. The second kappa shape index (κ2) is 5.94. The molecule has 0 saturated heterocycles. The van der Waals surface area contributed by atoms with Crippen molar-refractivity contribution in [3.63, 3.8) is 0 Å². The van der Waals surface area contributed by atoms with Crippen LogP contribution in [0.5, 0.6) is 0 Å². The third-order valence-corrected chi connectivity index (χ3v) is 4.16. The predicted molar refractivity (Wildman–Crippen MR) is 62.7 cm³/mol. The van der Waals surface area contributed by atoms with Crippen LogP contribution in [-0.2, 0) is 10.0 Å². The fourth-order valence-corrected chi connectivity index (χ4v) is 2.84. The van der Waals surface area contributed by atoms with Gasteiger partial charge in [-0.05, 0) is 18.2 Å². The van der Waals surface area contributed by atoms with Gasteiger partial charge in [-0.3, -0.25) is 0 Å².